The minimum absolute atomic E-state index is 0.141. The first-order valence-corrected chi connectivity index (χ1v) is 6.45. The normalized spacial score (nSPS) is 10.3. The lowest BCUT2D eigenvalue weighted by Crippen LogP contribution is -2.22. The van der Waals surface area contributed by atoms with Crippen LogP contribution in [0.25, 0.3) is 0 Å². The van der Waals surface area contributed by atoms with Crippen molar-refractivity contribution >= 4 is 34.3 Å². The molecule has 6 heteroatoms. The van der Waals surface area contributed by atoms with Gasteiger partial charge in [0.1, 0.15) is 4.88 Å². The minimum Gasteiger partial charge on any atom is -0.397 e. The maximum atomic E-state index is 11.7. The van der Waals surface area contributed by atoms with Gasteiger partial charge in [0, 0.05) is 5.38 Å². The highest BCUT2D eigenvalue weighted by Crippen LogP contribution is 2.18. The van der Waals surface area contributed by atoms with Crippen molar-refractivity contribution in [3.8, 4) is 0 Å². The van der Waals surface area contributed by atoms with Crippen LogP contribution < -0.4 is 11.1 Å². The summed E-state index contributed by atoms with van der Waals surface area (Å²) in [4.78, 5) is 16.5. The molecule has 2 aromatic rings. The third-order valence-corrected chi connectivity index (χ3v) is 3.75. The summed E-state index contributed by atoms with van der Waals surface area (Å²) in [6.45, 7) is 2.38. The Morgan fingerprint density at radius 2 is 2.38 bits per heavy atom. The summed E-state index contributed by atoms with van der Waals surface area (Å²) >= 11 is 2.92. The number of amides is 1. The van der Waals surface area contributed by atoms with Gasteiger partial charge in [-0.1, -0.05) is 0 Å². The molecule has 3 N–H and O–H groups in total. The van der Waals surface area contributed by atoms with Crippen LogP contribution >= 0.6 is 22.7 Å². The van der Waals surface area contributed by atoms with Crippen molar-refractivity contribution in [1.82, 2.24) is 10.3 Å². The van der Waals surface area contributed by atoms with E-state index in [0.717, 1.165) is 10.7 Å². The van der Waals surface area contributed by atoms with E-state index in [0.29, 0.717) is 17.1 Å². The zero-order chi connectivity index (χ0) is 11.5. The number of hydrogen-bond donors (Lipinski definition) is 2. The molecule has 0 atom stereocenters. The summed E-state index contributed by atoms with van der Waals surface area (Å²) in [6.07, 6.45) is 0. The highest BCUT2D eigenvalue weighted by atomic mass is 32.1. The standard InChI is InChI=1S/C10H11N3OS2/c1-6-13-7(5-16-6)4-12-10(14)9-8(11)2-3-15-9/h2-3,5H,4,11H2,1H3,(H,12,14). The number of carbonyl (C=O) groups excluding carboxylic acids is 1. The van der Waals surface area contributed by atoms with Crippen molar-refractivity contribution < 1.29 is 4.79 Å². The quantitative estimate of drug-likeness (QED) is 0.879. The Morgan fingerprint density at radius 3 is 2.94 bits per heavy atom. The van der Waals surface area contributed by atoms with Gasteiger partial charge in [0.15, 0.2) is 0 Å². The first kappa shape index (κ1) is 11.1. The maximum Gasteiger partial charge on any atom is 0.263 e. The second kappa shape index (κ2) is 4.63. The molecule has 0 aromatic carbocycles. The summed E-state index contributed by atoms with van der Waals surface area (Å²) in [6, 6.07) is 1.73. The van der Waals surface area contributed by atoms with Crippen LogP contribution in [0.1, 0.15) is 20.4 Å². The Morgan fingerprint density at radius 1 is 1.56 bits per heavy atom. The Kier molecular flexibility index (Phi) is 3.21. The Bertz CT molecular complexity index is 504. The lowest BCUT2D eigenvalue weighted by Gasteiger charge is -2.01. The molecule has 2 rings (SSSR count). The van der Waals surface area contributed by atoms with Crippen LogP contribution in [0.15, 0.2) is 16.8 Å². The van der Waals surface area contributed by atoms with E-state index in [9.17, 15) is 4.79 Å². The number of nitrogens with two attached hydrogens (primary N) is 1. The highest BCUT2D eigenvalue weighted by molar-refractivity contribution is 7.12. The van der Waals surface area contributed by atoms with Crippen molar-refractivity contribution in [3.63, 3.8) is 0 Å². The molecule has 2 aromatic heterocycles. The van der Waals surface area contributed by atoms with E-state index in [2.05, 4.69) is 10.3 Å². The average molecular weight is 253 g/mol. The number of nitrogens with one attached hydrogen (secondary N) is 1. The molecule has 16 heavy (non-hydrogen) atoms. The van der Waals surface area contributed by atoms with E-state index in [1.807, 2.05) is 12.3 Å². The minimum atomic E-state index is -0.141. The number of thiophene rings is 1. The number of aryl methyl sites for hydroxylation is 1. The van der Waals surface area contributed by atoms with E-state index in [1.165, 1.54) is 11.3 Å². The third-order valence-electron chi connectivity index (χ3n) is 2.00. The molecule has 0 unspecified atom stereocenters. The van der Waals surface area contributed by atoms with Gasteiger partial charge in [-0.15, -0.1) is 22.7 Å². The molecular formula is C10H11N3OS2. The van der Waals surface area contributed by atoms with Gasteiger partial charge in [-0.25, -0.2) is 4.98 Å². The lowest BCUT2D eigenvalue weighted by atomic mass is 10.3. The van der Waals surface area contributed by atoms with E-state index in [-0.39, 0.29) is 5.91 Å². The van der Waals surface area contributed by atoms with Crippen LogP contribution in [-0.2, 0) is 6.54 Å². The van der Waals surface area contributed by atoms with Gasteiger partial charge in [0.05, 0.1) is 22.9 Å². The van der Waals surface area contributed by atoms with E-state index in [1.54, 1.807) is 22.8 Å². The molecule has 0 aliphatic heterocycles. The maximum absolute atomic E-state index is 11.7. The van der Waals surface area contributed by atoms with Gasteiger partial charge in [-0.3, -0.25) is 4.79 Å². The molecule has 4 nitrogen and oxygen atoms in total. The molecule has 2 heterocycles. The van der Waals surface area contributed by atoms with E-state index in [4.69, 9.17) is 5.73 Å². The summed E-state index contributed by atoms with van der Waals surface area (Å²) in [5, 5.41) is 7.53. The number of carbonyl (C=O) groups is 1. The summed E-state index contributed by atoms with van der Waals surface area (Å²) in [5.74, 6) is -0.141. The molecule has 0 radical (unpaired) electrons. The Hall–Kier alpha value is -1.40. The van der Waals surface area contributed by atoms with Crippen molar-refractivity contribution in [2.75, 3.05) is 5.73 Å². The first-order valence-electron chi connectivity index (χ1n) is 4.69. The average Bonchev–Trinajstić information content (AvgIpc) is 2.84. The van der Waals surface area contributed by atoms with E-state index < -0.39 is 0 Å². The molecule has 0 saturated heterocycles. The number of nitrogen functional groups attached to an aromatic ring is 1. The van der Waals surface area contributed by atoms with Gasteiger partial charge in [0.25, 0.3) is 5.91 Å². The predicted molar refractivity (Wildman–Crippen MR) is 66.8 cm³/mol. The van der Waals surface area contributed by atoms with Crippen LogP contribution in [0.4, 0.5) is 5.69 Å². The molecule has 84 valence electrons. The molecule has 1 amide bonds. The highest BCUT2D eigenvalue weighted by Gasteiger charge is 2.10. The lowest BCUT2D eigenvalue weighted by molar-refractivity contribution is 0.0955. The van der Waals surface area contributed by atoms with Crippen LogP contribution in [0.2, 0.25) is 0 Å². The second-order valence-corrected chi connectivity index (χ2v) is 5.22. The molecule has 0 bridgehead atoms. The Balaban J connectivity index is 1.96. The zero-order valence-corrected chi connectivity index (χ0v) is 10.3. The second-order valence-electron chi connectivity index (χ2n) is 3.25. The molecule has 0 aliphatic carbocycles. The fourth-order valence-electron chi connectivity index (χ4n) is 1.24. The number of rotatable bonds is 3. The number of hydrogen-bond acceptors (Lipinski definition) is 5. The van der Waals surface area contributed by atoms with Crippen molar-refractivity contribution in [3.05, 3.63) is 32.4 Å². The number of nitrogens with zero attached hydrogens (tertiary/aromatic N) is 1. The summed E-state index contributed by atoms with van der Waals surface area (Å²) in [7, 11) is 0. The molecule has 0 spiro atoms. The van der Waals surface area contributed by atoms with Crippen LogP contribution in [0.5, 0.6) is 0 Å². The fourth-order valence-corrected chi connectivity index (χ4v) is 2.59. The van der Waals surface area contributed by atoms with Crippen LogP contribution in [-0.4, -0.2) is 10.9 Å². The van der Waals surface area contributed by atoms with Gasteiger partial charge in [0.2, 0.25) is 0 Å². The van der Waals surface area contributed by atoms with Crippen molar-refractivity contribution in [2.24, 2.45) is 0 Å². The van der Waals surface area contributed by atoms with Crippen molar-refractivity contribution in [1.29, 1.82) is 0 Å². The topological polar surface area (TPSA) is 68.0 Å². The first-order chi connectivity index (χ1) is 7.66. The van der Waals surface area contributed by atoms with Crippen LogP contribution in [0, 0.1) is 6.92 Å². The molecule has 0 aliphatic rings. The van der Waals surface area contributed by atoms with E-state index >= 15 is 0 Å². The zero-order valence-electron chi connectivity index (χ0n) is 8.69. The molecule has 0 saturated carbocycles. The summed E-state index contributed by atoms with van der Waals surface area (Å²) < 4.78 is 0. The largest absolute Gasteiger partial charge is 0.397 e. The van der Waals surface area contributed by atoms with Gasteiger partial charge >= 0.3 is 0 Å². The SMILES string of the molecule is Cc1nc(CNC(=O)c2sccc2N)cs1. The monoisotopic (exact) mass is 253 g/mol. The third kappa shape index (κ3) is 2.40. The Labute approximate surface area is 101 Å². The summed E-state index contributed by atoms with van der Waals surface area (Å²) in [5.41, 5.74) is 7.06. The van der Waals surface area contributed by atoms with Gasteiger partial charge in [-0.05, 0) is 18.4 Å². The van der Waals surface area contributed by atoms with Gasteiger partial charge < -0.3 is 11.1 Å². The number of aromatic nitrogens is 1. The van der Waals surface area contributed by atoms with Crippen molar-refractivity contribution in [2.45, 2.75) is 13.5 Å². The van der Waals surface area contributed by atoms with Crippen LogP contribution in [0.3, 0.4) is 0 Å². The molecular weight excluding hydrogens is 242 g/mol. The number of anilines is 1. The smallest absolute Gasteiger partial charge is 0.263 e. The number of thiazole rings is 1. The predicted octanol–water partition coefficient (Wildman–Crippen LogP) is 2.03. The fraction of sp³-hybridized carbons (Fsp3) is 0.200. The molecule has 0 fully saturated rings. The van der Waals surface area contributed by atoms with Gasteiger partial charge in [-0.2, -0.15) is 0 Å².